The van der Waals surface area contributed by atoms with Gasteiger partial charge in [-0.15, -0.1) is 0 Å². The van der Waals surface area contributed by atoms with Gasteiger partial charge >= 0.3 is 0 Å². The molecule has 2 nitrogen and oxygen atoms in total. The second-order valence-corrected chi connectivity index (χ2v) is 6.19. The third kappa shape index (κ3) is 3.44. The summed E-state index contributed by atoms with van der Waals surface area (Å²) in [6, 6.07) is 4.91. The molecule has 1 saturated carbocycles. The molecule has 1 fully saturated rings. The smallest absolute Gasteiger partial charge is 0.135 e. The van der Waals surface area contributed by atoms with Crippen LogP contribution in [0.1, 0.15) is 44.6 Å². The number of halogens is 1. The first-order valence-electron chi connectivity index (χ1n) is 6.84. The summed E-state index contributed by atoms with van der Waals surface area (Å²) in [4.78, 5) is 0.106. The van der Waals surface area contributed by atoms with E-state index in [0.29, 0.717) is 11.3 Å². The van der Waals surface area contributed by atoms with Gasteiger partial charge in [-0.3, -0.25) is 0 Å². The molecule has 1 aliphatic rings. The van der Waals surface area contributed by atoms with Crippen molar-refractivity contribution < 1.29 is 4.39 Å². The number of anilines is 1. The summed E-state index contributed by atoms with van der Waals surface area (Å²) in [6.45, 7) is 3.13. The summed E-state index contributed by atoms with van der Waals surface area (Å²) < 4.78 is 13.8. The number of rotatable bonds is 4. The normalized spacial score (nSPS) is 18.0. The lowest BCUT2D eigenvalue weighted by molar-refractivity contribution is 0.233. The maximum Gasteiger partial charge on any atom is 0.135 e. The van der Waals surface area contributed by atoms with Crippen molar-refractivity contribution >= 4 is 22.9 Å². The molecule has 1 aromatic rings. The van der Waals surface area contributed by atoms with Crippen molar-refractivity contribution in [3.8, 4) is 0 Å². The Labute approximate surface area is 119 Å². The van der Waals surface area contributed by atoms with Crippen LogP contribution in [0.4, 0.5) is 10.1 Å². The monoisotopic (exact) mass is 280 g/mol. The molecule has 0 heterocycles. The first kappa shape index (κ1) is 14.3. The van der Waals surface area contributed by atoms with Crippen LogP contribution >= 0.6 is 12.2 Å². The Balaban J connectivity index is 2.11. The van der Waals surface area contributed by atoms with Crippen LogP contribution in [0.15, 0.2) is 18.2 Å². The standard InChI is InChI=1S/C15H21FN2S/c1-15(8-3-2-4-9-15)10-18-12-7-5-6-11(16)13(12)14(17)19/h5-7,18H,2-4,8-10H2,1H3,(H2,17,19). The molecule has 0 aromatic heterocycles. The van der Waals surface area contributed by atoms with Crippen molar-refractivity contribution in [1.29, 1.82) is 0 Å². The summed E-state index contributed by atoms with van der Waals surface area (Å²) in [5.74, 6) is -0.355. The van der Waals surface area contributed by atoms with Crippen molar-refractivity contribution in [2.75, 3.05) is 11.9 Å². The maximum atomic E-state index is 13.8. The Morgan fingerprint density at radius 2 is 2.05 bits per heavy atom. The predicted octanol–water partition coefficient (Wildman–Crippen LogP) is 3.84. The molecule has 0 aliphatic heterocycles. The van der Waals surface area contributed by atoms with Gasteiger partial charge in [0.05, 0.1) is 5.56 Å². The molecule has 1 aliphatic carbocycles. The fraction of sp³-hybridized carbons (Fsp3) is 0.533. The summed E-state index contributed by atoms with van der Waals surface area (Å²) in [7, 11) is 0. The number of hydrogen-bond donors (Lipinski definition) is 2. The minimum atomic E-state index is -0.355. The SMILES string of the molecule is CC1(CNc2cccc(F)c2C(N)=S)CCCCC1. The summed E-state index contributed by atoms with van der Waals surface area (Å²) in [5.41, 5.74) is 6.94. The lowest BCUT2D eigenvalue weighted by Crippen LogP contribution is -2.29. The van der Waals surface area contributed by atoms with E-state index in [0.717, 1.165) is 6.54 Å². The molecule has 0 atom stereocenters. The molecule has 3 N–H and O–H groups in total. The van der Waals surface area contributed by atoms with Crippen molar-refractivity contribution in [3.05, 3.63) is 29.6 Å². The van der Waals surface area contributed by atoms with E-state index in [9.17, 15) is 4.39 Å². The van der Waals surface area contributed by atoms with Crippen molar-refractivity contribution in [1.82, 2.24) is 0 Å². The Kier molecular flexibility index (Phi) is 4.40. The van der Waals surface area contributed by atoms with Crippen LogP contribution in [0.25, 0.3) is 0 Å². The van der Waals surface area contributed by atoms with E-state index in [-0.39, 0.29) is 16.2 Å². The molecule has 0 unspecified atom stereocenters. The van der Waals surface area contributed by atoms with Crippen LogP contribution in [0.2, 0.25) is 0 Å². The number of benzene rings is 1. The van der Waals surface area contributed by atoms with Gasteiger partial charge in [-0.25, -0.2) is 4.39 Å². The molecule has 0 bridgehead atoms. The number of nitrogens with one attached hydrogen (secondary N) is 1. The number of thiocarbonyl (C=S) groups is 1. The van der Waals surface area contributed by atoms with Crippen LogP contribution in [-0.2, 0) is 0 Å². The van der Waals surface area contributed by atoms with Gasteiger partial charge in [-0.1, -0.05) is 44.5 Å². The lowest BCUT2D eigenvalue weighted by atomic mass is 9.75. The second kappa shape index (κ2) is 5.87. The highest BCUT2D eigenvalue weighted by molar-refractivity contribution is 7.80. The Morgan fingerprint density at radius 3 is 2.68 bits per heavy atom. The predicted molar refractivity (Wildman–Crippen MR) is 82.0 cm³/mol. The van der Waals surface area contributed by atoms with Crippen molar-refractivity contribution in [2.45, 2.75) is 39.0 Å². The summed E-state index contributed by atoms with van der Waals surface area (Å²) in [6.07, 6.45) is 6.33. The first-order valence-corrected chi connectivity index (χ1v) is 7.25. The fourth-order valence-electron chi connectivity index (χ4n) is 2.81. The lowest BCUT2D eigenvalue weighted by Gasteiger charge is -2.34. The maximum absolute atomic E-state index is 13.8. The van der Waals surface area contributed by atoms with Gasteiger partial charge in [0.15, 0.2) is 0 Å². The van der Waals surface area contributed by atoms with Gasteiger partial charge in [0.2, 0.25) is 0 Å². The number of hydrogen-bond acceptors (Lipinski definition) is 2. The largest absolute Gasteiger partial charge is 0.389 e. The molecule has 1 aromatic carbocycles. The van der Waals surface area contributed by atoms with E-state index in [4.69, 9.17) is 18.0 Å². The average Bonchev–Trinajstić information content (AvgIpc) is 2.37. The molecule has 19 heavy (non-hydrogen) atoms. The zero-order valence-electron chi connectivity index (χ0n) is 11.3. The summed E-state index contributed by atoms with van der Waals surface area (Å²) >= 11 is 4.93. The van der Waals surface area contributed by atoms with Gasteiger partial charge in [0, 0.05) is 12.2 Å². The highest BCUT2D eigenvalue weighted by Gasteiger charge is 2.26. The third-order valence-corrected chi connectivity index (χ3v) is 4.23. The topological polar surface area (TPSA) is 38.0 Å². The van der Waals surface area contributed by atoms with Crippen LogP contribution in [0.5, 0.6) is 0 Å². The highest BCUT2D eigenvalue weighted by atomic mass is 32.1. The molecule has 0 spiro atoms. The Hall–Kier alpha value is -1.16. The van der Waals surface area contributed by atoms with Crippen LogP contribution in [-0.4, -0.2) is 11.5 Å². The average molecular weight is 280 g/mol. The quantitative estimate of drug-likeness (QED) is 0.823. The van der Waals surface area contributed by atoms with Gasteiger partial charge in [-0.05, 0) is 30.4 Å². The van der Waals surface area contributed by atoms with E-state index >= 15 is 0 Å². The zero-order chi connectivity index (χ0) is 13.9. The summed E-state index contributed by atoms with van der Waals surface area (Å²) in [5, 5.41) is 3.34. The van der Waals surface area contributed by atoms with Crippen molar-refractivity contribution in [2.24, 2.45) is 11.1 Å². The van der Waals surface area contributed by atoms with Gasteiger partial charge in [0.1, 0.15) is 10.8 Å². The van der Waals surface area contributed by atoms with Gasteiger partial charge in [0.25, 0.3) is 0 Å². The van der Waals surface area contributed by atoms with E-state index in [1.807, 2.05) is 6.07 Å². The highest BCUT2D eigenvalue weighted by Crippen LogP contribution is 2.36. The fourth-order valence-corrected chi connectivity index (χ4v) is 3.02. The number of nitrogens with two attached hydrogens (primary N) is 1. The molecule has 4 heteroatoms. The Morgan fingerprint density at radius 1 is 1.37 bits per heavy atom. The van der Waals surface area contributed by atoms with Crippen LogP contribution < -0.4 is 11.1 Å². The first-order chi connectivity index (χ1) is 9.02. The molecular formula is C15H21FN2S. The van der Waals surface area contributed by atoms with E-state index in [1.54, 1.807) is 6.07 Å². The minimum Gasteiger partial charge on any atom is -0.389 e. The third-order valence-electron chi connectivity index (χ3n) is 4.03. The van der Waals surface area contributed by atoms with E-state index in [2.05, 4.69) is 12.2 Å². The minimum absolute atomic E-state index is 0.106. The molecule has 104 valence electrons. The van der Waals surface area contributed by atoms with Crippen LogP contribution in [0, 0.1) is 11.2 Å². The molecule has 0 radical (unpaired) electrons. The van der Waals surface area contributed by atoms with Gasteiger partial charge < -0.3 is 11.1 Å². The van der Waals surface area contributed by atoms with E-state index in [1.165, 1.54) is 38.2 Å². The van der Waals surface area contributed by atoms with E-state index < -0.39 is 0 Å². The molecular weight excluding hydrogens is 259 g/mol. The Bertz CT molecular complexity index is 467. The molecule has 0 amide bonds. The van der Waals surface area contributed by atoms with Gasteiger partial charge in [-0.2, -0.15) is 0 Å². The zero-order valence-corrected chi connectivity index (χ0v) is 12.2. The second-order valence-electron chi connectivity index (χ2n) is 5.75. The molecule has 0 saturated heterocycles. The molecule has 2 rings (SSSR count). The van der Waals surface area contributed by atoms with Crippen LogP contribution in [0.3, 0.4) is 0 Å². The van der Waals surface area contributed by atoms with Crippen molar-refractivity contribution in [3.63, 3.8) is 0 Å².